The molecule has 0 bridgehead atoms. The molecule has 1 aromatic heterocycles. The summed E-state index contributed by atoms with van der Waals surface area (Å²) >= 11 is 0. The largest absolute Gasteiger partial charge is 0.455 e. The van der Waals surface area contributed by atoms with Crippen molar-refractivity contribution in [2.45, 2.75) is 39.7 Å². The molecule has 1 aliphatic rings. The molecule has 0 saturated heterocycles. The second-order valence-corrected chi connectivity index (χ2v) is 7.93. The third-order valence-corrected chi connectivity index (χ3v) is 5.23. The minimum atomic E-state index is -0.586. The molecule has 0 radical (unpaired) electrons. The zero-order chi connectivity index (χ0) is 18.5. The van der Waals surface area contributed by atoms with Crippen LogP contribution in [0.25, 0.3) is 10.8 Å². The number of carbonyl (C=O) groups is 1. The van der Waals surface area contributed by atoms with Gasteiger partial charge in [0, 0.05) is 28.6 Å². The first-order valence-electron chi connectivity index (χ1n) is 8.95. The van der Waals surface area contributed by atoms with Crippen LogP contribution in [-0.2, 0) is 6.42 Å². The van der Waals surface area contributed by atoms with Crippen LogP contribution in [0.2, 0.25) is 0 Å². The van der Waals surface area contributed by atoms with Crippen molar-refractivity contribution in [3.05, 3.63) is 65.1 Å². The molecule has 4 rings (SSSR count). The zero-order valence-electron chi connectivity index (χ0n) is 15.3. The first kappa shape index (κ1) is 16.9. The zero-order valence-corrected chi connectivity index (χ0v) is 15.3. The van der Waals surface area contributed by atoms with Crippen molar-refractivity contribution in [2.24, 2.45) is 5.41 Å². The average molecular weight is 349 g/mol. The van der Waals surface area contributed by atoms with E-state index >= 15 is 0 Å². The number of nitrogens with one attached hydrogen (secondary N) is 1. The Kier molecular flexibility index (Phi) is 3.88. The van der Waals surface area contributed by atoms with Gasteiger partial charge in [-0.15, -0.1) is 0 Å². The van der Waals surface area contributed by atoms with Crippen LogP contribution < -0.4 is 5.32 Å². The number of carbonyl (C=O) groups excluding carboxylic acids is 1. The van der Waals surface area contributed by atoms with E-state index in [0.717, 1.165) is 39.8 Å². The van der Waals surface area contributed by atoms with E-state index in [2.05, 4.69) is 19.2 Å². The fraction of sp³-hybridized carbons (Fsp3) is 0.318. The SMILES string of the molecule is Cc1c(C(=O)Nc2cccc3ccccc23)oc2c1[C@@H](O)CC(C)(C)C2. The van der Waals surface area contributed by atoms with Crippen molar-refractivity contribution in [3.8, 4) is 0 Å². The minimum Gasteiger partial charge on any atom is -0.455 e. The molecule has 0 saturated carbocycles. The molecule has 3 aromatic rings. The molecule has 0 aliphatic heterocycles. The highest BCUT2D eigenvalue weighted by atomic mass is 16.4. The Morgan fingerprint density at radius 2 is 1.92 bits per heavy atom. The van der Waals surface area contributed by atoms with Gasteiger partial charge in [-0.3, -0.25) is 4.79 Å². The van der Waals surface area contributed by atoms with Gasteiger partial charge >= 0.3 is 0 Å². The lowest BCUT2D eigenvalue weighted by Gasteiger charge is -2.31. The maximum atomic E-state index is 12.9. The number of rotatable bonds is 2. The quantitative estimate of drug-likeness (QED) is 0.684. The van der Waals surface area contributed by atoms with Crippen molar-refractivity contribution < 1.29 is 14.3 Å². The number of hydrogen-bond donors (Lipinski definition) is 2. The van der Waals surface area contributed by atoms with Gasteiger partial charge in [0.2, 0.25) is 0 Å². The lowest BCUT2D eigenvalue weighted by molar-refractivity contribution is 0.0910. The highest BCUT2D eigenvalue weighted by Crippen LogP contribution is 2.44. The van der Waals surface area contributed by atoms with E-state index < -0.39 is 6.10 Å². The topological polar surface area (TPSA) is 62.5 Å². The van der Waals surface area contributed by atoms with Gasteiger partial charge in [0.25, 0.3) is 5.91 Å². The molecule has 1 heterocycles. The molecule has 0 fully saturated rings. The highest BCUT2D eigenvalue weighted by molar-refractivity contribution is 6.08. The van der Waals surface area contributed by atoms with Gasteiger partial charge in [-0.05, 0) is 30.2 Å². The fourth-order valence-electron chi connectivity index (χ4n) is 4.02. The van der Waals surface area contributed by atoms with Crippen LogP contribution in [0.4, 0.5) is 5.69 Å². The van der Waals surface area contributed by atoms with E-state index in [1.165, 1.54) is 0 Å². The first-order chi connectivity index (χ1) is 12.4. The van der Waals surface area contributed by atoms with E-state index in [1.54, 1.807) is 0 Å². The number of hydrogen-bond acceptors (Lipinski definition) is 3. The summed E-state index contributed by atoms with van der Waals surface area (Å²) in [7, 11) is 0. The summed E-state index contributed by atoms with van der Waals surface area (Å²) in [4.78, 5) is 12.9. The molecule has 134 valence electrons. The van der Waals surface area contributed by atoms with Crippen LogP contribution in [0.5, 0.6) is 0 Å². The van der Waals surface area contributed by atoms with Crippen LogP contribution in [0.3, 0.4) is 0 Å². The van der Waals surface area contributed by atoms with Gasteiger partial charge in [-0.25, -0.2) is 0 Å². The number of furan rings is 1. The maximum absolute atomic E-state index is 12.9. The van der Waals surface area contributed by atoms with Crippen LogP contribution >= 0.6 is 0 Å². The number of aliphatic hydroxyl groups excluding tert-OH is 1. The Balaban J connectivity index is 1.69. The first-order valence-corrected chi connectivity index (χ1v) is 8.95. The Hall–Kier alpha value is -2.59. The predicted molar refractivity (Wildman–Crippen MR) is 102 cm³/mol. The molecule has 26 heavy (non-hydrogen) atoms. The summed E-state index contributed by atoms with van der Waals surface area (Å²) in [5.74, 6) is 0.743. The third kappa shape index (κ3) is 2.80. The summed E-state index contributed by atoms with van der Waals surface area (Å²) in [6.45, 7) is 6.06. The molecule has 2 aromatic carbocycles. The van der Waals surface area contributed by atoms with E-state index in [4.69, 9.17) is 4.42 Å². The van der Waals surface area contributed by atoms with E-state index in [9.17, 15) is 9.90 Å². The van der Waals surface area contributed by atoms with Crippen LogP contribution in [0.15, 0.2) is 46.9 Å². The summed E-state index contributed by atoms with van der Waals surface area (Å²) in [6.07, 6.45) is 0.809. The van der Waals surface area contributed by atoms with Gasteiger partial charge in [0.15, 0.2) is 5.76 Å². The molecular formula is C22H23NO3. The fourth-order valence-corrected chi connectivity index (χ4v) is 4.02. The second-order valence-electron chi connectivity index (χ2n) is 7.93. The molecule has 0 unspecified atom stereocenters. The van der Waals surface area contributed by atoms with Crippen molar-refractivity contribution in [1.82, 2.24) is 0 Å². The lowest BCUT2D eigenvalue weighted by Crippen LogP contribution is -2.24. The molecule has 4 heteroatoms. The molecule has 1 amide bonds. The second kappa shape index (κ2) is 5.99. The Morgan fingerprint density at radius 3 is 2.73 bits per heavy atom. The van der Waals surface area contributed by atoms with Gasteiger partial charge in [-0.2, -0.15) is 0 Å². The highest BCUT2D eigenvalue weighted by Gasteiger charge is 2.37. The maximum Gasteiger partial charge on any atom is 0.291 e. The van der Waals surface area contributed by atoms with Gasteiger partial charge < -0.3 is 14.8 Å². The monoisotopic (exact) mass is 349 g/mol. The Morgan fingerprint density at radius 1 is 1.19 bits per heavy atom. The van der Waals surface area contributed by atoms with Crippen molar-refractivity contribution in [3.63, 3.8) is 0 Å². The van der Waals surface area contributed by atoms with Crippen molar-refractivity contribution in [1.29, 1.82) is 0 Å². The van der Waals surface area contributed by atoms with Gasteiger partial charge in [0.1, 0.15) is 5.76 Å². The smallest absolute Gasteiger partial charge is 0.291 e. The van der Waals surface area contributed by atoms with Crippen LogP contribution in [0, 0.1) is 12.3 Å². The average Bonchev–Trinajstić information content (AvgIpc) is 2.90. The Labute approximate surface area is 152 Å². The summed E-state index contributed by atoms with van der Waals surface area (Å²) in [6, 6.07) is 13.7. The summed E-state index contributed by atoms with van der Waals surface area (Å²) in [5.41, 5.74) is 2.23. The van der Waals surface area contributed by atoms with E-state index in [1.807, 2.05) is 49.4 Å². The number of amides is 1. The molecular weight excluding hydrogens is 326 g/mol. The third-order valence-electron chi connectivity index (χ3n) is 5.23. The molecule has 2 N–H and O–H groups in total. The minimum absolute atomic E-state index is 0.0416. The molecule has 1 aliphatic carbocycles. The van der Waals surface area contributed by atoms with E-state index in [-0.39, 0.29) is 11.3 Å². The molecule has 1 atom stereocenters. The van der Waals surface area contributed by atoms with Gasteiger partial charge in [-0.1, -0.05) is 50.2 Å². The number of aliphatic hydroxyl groups is 1. The normalized spacial score (nSPS) is 18.5. The van der Waals surface area contributed by atoms with Crippen molar-refractivity contribution >= 4 is 22.4 Å². The van der Waals surface area contributed by atoms with Crippen LogP contribution in [0.1, 0.15) is 53.8 Å². The number of benzene rings is 2. The van der Waals surface area contributed by atoms with E-state index in [0.29, 0.717) is 12.2 Å². The summed E-state index contributed by atoms with van der Waals surface area (Å²) < 4.78 is 5.92. The number of anilines is 1. The Bertz CT molecular complexity index is 995. The predicted octanol–water partition coefficient (Wildman–Crippen LogP) is 5.00. The number of fused-ring (bicyclic) bond motifs is 2. The van der Waals surface area contributed by atoms with Crippen molar-refractivity contribution in [2.75, 3.05) is 5.32 Å². The lowest BCUT2D eigenvalue weighted by atomic mass is 9.75. The van der Waals surface area contributed by atoms with Gasteiger partial charge in [0.05, 0.1) is 6.10 Å². The molecule has 0 spiro atoms. The standard InChI is InChI=1S/C22H23NO3/c1-13-19-17(24)11-22(2,3)12-18(19)26-20(13)21(25)23-16-10-6-8-14-7-4-5-9-15(14)16/h4-10,17,24H,11-12H2,1-3H3,(H,23,25)/t17-/m0/s1. The molecule has 4 nitrogen and oxygen atoms in total. The van der Waals surface area contributed by atoms with Crippen LogP contribution in [-0.4, -0.2) is 11.0 Å². The summed E-state index contributed by atoms with van der Waals surface area (Å²) in [5, 5.41) is 15.5.